The molecule has 29 heavy (non-hydrogen) atoms. The van der Waals surface area contributed by atoms with Gasteiger partial charge in [0.25, 0.3) is 0 Å². The number of aliphatic hydroxyl groups excluding tert-OH is 1. The Morgan fingerprint density at radius 3 is 2.66 bits per heavy atom. The van der Waals surface area contributed by atoms with E-state index in [2.05, 4.69) is 43.3 Å². The summed E-state index contributed by atoms with van der Waals surface area (Å²) in [6, 6.07) is 14.6. The fourth-order valence-electron chi connectivity index (χ4n) is 3.68. The predicted molar refractivity (Wildman–Crippen MR) is 110 cm³/mol. The van der Waals surface area contributed by atoms with E-state index in [4.69, 9.17) is 4.74 Å². The highest BCUT2D eigenvalue weighted by molar-refractivity contribution is 5.84. The lowest BCUT2D eigenvalue weighted by Crippen LogP contribution is -2.21. The van der Waals surface area contributed by atoms with Gasteiger partial charge in [-0.05, 0) is 47.0 Å². The van der Waals surface area contributed by atoms with Gasteiger partial charge in [0.2, 0.25) is 0 Å². The Bertz CT molecular complexity index is 1110. The van der Waals surface area contributed by atoms with E-state index in [0.29, 0.717) is 11.8 Å². The van der Waals surface area contributed by atoms with Crippen LogP contribution in [-0.4, -0.2) is 49.4 Å². The molecule has 1 fully saturated rings. The lowest BCUT2D eigenvalue weighted by molar-refractivity contribution is 0.175. The van der Waals surface area contributed by atoms with Gasteiger partial charge in [-0.1, -0.05) is 18.2 Å². The van der Waals surface area contributed by atoms with Gasteiger partial charge >= 0.3 is 6.01 Å². The summed E-state index contributed by atoms with van der Waals surface area (Å²) in [6.45, 7) is 2.57. The summed E-state index contributed by atoms with van der Waals surface area (Å²) in [7, 11) is 0. The second kappa shape index (κ2) is 7.62. The van der Waals surface area contributed by atoms with Crippen LogP contribution in [0.2, 0.25) is 0 Å². The van der Waals surface area contributed by atoms with Crippen molar-refractivity contribution in [2.45, 2.75) is 19.1 Å². The third kappa shape index (κ3) is 3.96. The number of likely N-dealkylation sites (tertiary alicyclic amines) is 1. The largest absolute Gasteiger partial charge is 0.424 e. The first-order chi connectivity index (χ1) is 14.2. The number of aliphatic hydroxyl groups is 1. The summed E-state index contributed by atoms with van der Waals surface area (Å²) in [5, 5.41) is 18.8. The molecule has 5 rings (SSSR count). The van der Waals surface area contributed by atoms with E-state index in [1.54, 1.807) is 18.6 Å². The van der Waals surface area contributed by atoms with Gasteiger partial charge in [-0.25, -0.2) is 9.97 Å². The van der Waals surface area contributed by atoms with E-state index in [-0.39, 0.29) is 6.10 Å². The zero-order chi connectivity index (χ0) is 19.6. The molecule has 0 saturated carbocycles. The molecule has 4 aromatic rings. The Kier molecular flexibility index (Phi) is 4.67. The van der Waals surface area contributed by atoms with Gasteiger partial charge in [-0.15, -0.1) is 0 Å². The van der Waals surface area contributed by atoms with Crippen molar-refractivity contribution < 1.29 is 9.84 Å². The first-order valence-corrected chi connectivity index (χ1v) is 9.66. The first-order valence-electron chi connectivity index (χ1n) is 9.66. The average molecular weight is 387 g/mol. The Labute approximate surface area is 168 Å². The zero-order valence-corrected chi connectivity index (χ0v) is 15.8. The number of β-amino-alcohol motifs (C(OH)–C–C–N with tert-alkyl or cyclic N) is 1. The van der Waals surface area contributed by atoms with Crippen LogP contribution in [-0.2, 0) is 6.54 Å². The van der Waals surface area contributed by atoms with Gasteiger partial charge in [0.1, 0.15) is 5.75 Å². The number of nitrogens with one attached hydrogen (secondary N) is 1. The molecule has 7 nitrogen and oxygen atoms in total. The molecule has 1 aliphatic rings. The van der Waals surface area contributed by atoms with Crippen molar-refractivity contribution in [3.8, 4) is 23.0 Å². The zero-order valence-electron chi connectivity index (χ0n) is 15.8. The number of nitrogens with zero attached hydrogens (tertiary/aromatic N) is 4. The van der Waals surface area contributed by atoms with Gasteiger partial charge < -0.3 is 9.84 Å². The van der Waals surface area contributed by atoms with Crippen LogP contribution >= 0.6 is 0 Å². The quantitative estimate of drug-likeness (QED) is 0.546. The summed E-state index contributed by atoms with van der Waals surface area (Å²) in [6.07, 6.45) is 5.77. The van der Waals surface area contributed by atoms with E-state index in [9.17, 15) is 5.11 Å². The fraction of sp³-hybridized carbons (Fsp3) is 0.227. The molecule has 1 atom stereocenters. The maximum atomic E-state index is 9.69. The Morgan fingerprint density at radius 2 is 1.90 bits per heavy atom. The molecular formula is C22H21N5O2. The van der Waals surface area contributed by atoms with Crippen LogP contribution < -0.4 is 4.74 Å². The number of ether oxygens (including phenoxy) is 1. The van der Waals surface area contributed by atoms with Gasteiger partial charge in [0.15, 0.2) is 0 Å². The molecule has 2 aromatic heterocycles. The number of hydrogen-bond acceptors (Lipinski definition) is 6. The second-order valence-electron chi connectivity index (χ2n) is 7.35. The summed E-state index contributed by atoms with van der Waals surface area (Å²) in [5.74, 6) is 0.696. The molecule has 2 aromatic carbocycles. The summed E-state index contributed by atoms with van der Waals surface area (Å²) in [5.41, 5.74) is 2.96. The van der Waals surface area contributed by atoms with Crippen LogP contribution in [0, 0.1) is 0 Å². The van der Waals surface area contributed by atoms with Gasteiger partial charge in [0, 0.05) is 43.8 Å². The number of aromatic amines is 1. The number of fused-ring (bicyclic) bond motifs is 1. The van der Waals surface area contributed by atoms with Gasteiger partial charge in [-0.2, -0.15) is 5.10 Å². The molecule has 146 valence electrons. The van der Waals surface area contributed by atoms with Crippen molar-refractivity contribution in [1.82, 2.24) is 25.1 Å². The molecule has 1 saturated heterocycles. The molecular weight excluding hydrogens is 366 g/mol. The normalized spacial score (nSPS) is 17.1. The van der Waals surface area contributed by atoms with Crippen molar-refractivity contribution in [3.05, 3.63) is 66.6 Å². The van der Waals surface area contributed by atoms with Crippen LogP contribution in [0.1, 0.15) is 12.0 Å². The van der Waals surface area contributed by atoms with Crippen molar-refractivity contribution in [1.29, 1.82) is 0 Å². The van der Waals surface area contributed by atoms with E-state index >= 15 is 0 Å². The summed E-state index contributed by atoms with van der Waals surface area (Å²) >= 11 is 0. The first kappa shape index (κ1) is 17.8. The maximum Gasteiger partial charge on any atom is 0.321 e. The number of hydrogen-bond donors (Lipinski definition) is 2. The highest BCUT2D eigenvalue weighted by Gasteiger charge is 2.19. The molecule has 1 aliphatic heterocycles. The van der Waals surface area contributed by atoms with E-state index < -0.39 is 0 Å². The van der Waals surface area contributed by atoms with E-state index in [1.165, 1.54) is 5.56 Å². The molecule has 0 bridgehead atoms. The van der Waals surface area contributed by atoms with Crippen LogP contribution in [0.15, 0.2) is 61.1 Å². The van der Waals surface area contributed by atoms with E-state index in [1.807, 2.05) is 24.3 Å². The summed E-state index contributed by atoms with van der Waals surface area (Å²) < 4.78 is 5.82. The molecule has 1 unspecified atom stereocenters. The minimum absolute atomic E-state index is 0.189. The molecule has 3 heterocycles. The molecule has 2 N–H and O–H groups in total. The monoisotopic (exact) mass is 387 g/mol. The van der Waals surface area contributed by atoms with Crippen LogP contribution in [0.3, 0.4) is 0 Å². The minimum Gasteiger partial charge on any atom is -0.424 e. The molecule has 0 spiro atoms. The lowest BCUT2D eigenvalue weighted by atomic mass is 10.1. The number of aromatic nitrogens is 4. The number of benzene rings is 2. The Hall–Kier alpha value is -3.29. The maximum absolute atomic E-state index is 9.69. The van der Waals surface area contributed by atoms with Gasteiger partial charge in [0.05, 0.1) is 11.8 Å². The standard InChI is InChI=1S/C22H21N5O2/c28-19-6-8-27(14-19)13-15-1-2-17-10-20(4-3-16(17)9-15)29-22-23-11-18(12-24-22)21-5-7-25-26-21/h1-5,7,9-12,19,28H,6,8,13-14H2,(H,25,26). The number of rotatable bonds is 5. The van der Waals surface area contributed by atoms with Crippen molar-refractivity contribution in [2.75, 3.05) is 13.1 Å². The molecule has 7 heteroatoms. The van der Waals surface area contributed by atoms with Crippen LogP contribution in [0.4, 0.5) is 0 Å². The smallest absolute Gasteiger partial charge is 0.321 e. The van der Waals surface area contributed by atoms with Crippen LogP contribution in [0.5, 0.6) is 11.8 Å². The van der Waals surface area contributed by atoms with Crippen LogP contribution in [0.25, 0.3) is 22.0 Å². The minimum atomic E-state index is -0.189. The predicted octanol–water partition coefficient (Wildman–Crippen LogP) is 3.38. The Balaban J connectivity index is 1.30. The fourth-order valence-corrected chi connectivity index (χ4v) is 3.68. The van der Waals surface area contributed by atoms with Crippen molar-refractivity contribution in [3.63, 3.8) is 0 Å². The highest BCUT2D eigenvalue weighted by atomic mass is 16.5. The molecule has 0 radical (unpaired) electrons. The third-order valence-corrected chi connectivity index (χ3v) is 5.18. The van der Waals surface area contributed by atoms with Gasteiger partial charge in [-0.3, -0.25) is 10.00 Å². The van der Waals surface area contributed by atoms with Crippen molar-refractivity contribution in [2.24, 2.45) is 0 Å². The molecule has 0 aliphatic carbocycles. The third-order valence-electron chi connectivity index (χ3n) is 5.18. The number of H-pyrrole nitrogens is 1. The second-order valence-corrected chi connectivity index (χ2v) is 7.35. The topological polar surface area (TPSA) is 87.2 Å². The Morgan fingerprint density at radius 1 is 1.07 bits per heavy atom. The summed E-state index contributed by atoms with van der Waals surface area (Å²) in [4.78, 5) is 10.8. The lowest BCUT2D eigenvalue weighted by Gasteiger charge is -2.15. The highest BCUT2D eigenvalue weighted by Crippen LogP contribution is 2.26. The average Bonchev–Trinajstić information content (AvgIpc) is 3.41. The van der Waals surface area contributed by atoms with Crippen molar-refractivity contribution >= 4 is 10.8 Å². The molecule has 0 amide bonds. The SMILES string of the molecule is OC1CCN(Cc2ccc3cc(Oc4ncc(-c5ccn[nH]5)cn4)ccc3c2)C1. The van der Waals surface area contributed by atoms with E-state index in [0.717, 1.165) is 48.1 Å².